The van der Waals surface area contributed by atoms with Crippen LogP contribution in [0.15, 0.2) is 69.1 Å². The summed E-state index contributed by atoms with van der Waals surface area (Å²) in [5, 5.41) is 13.6. The molecule has 4 amide bonds. The number of amides is 4. The third-order valence-electron chi connectivity index (χ3n) is 4.77. The number of furan rings is 1. The van der Waals surface area contributed by atoms with Crippen molar-refractivity contribution in [3.05, 3.63) is 80.5 Å². The van der Waals surface area contributed by atoms with Gasteiger partial charge in [-0.3, -0.25) is 25.0 Å². The average Bonchev–Trinajstić information content (AvgIpc) is 3.26. The topological polar surface area (TPSA) is 132 Å². The maximum Gasteiger partial charge on any atom is 0.335 e. The molecule has 2 heterocycles. The smallest absolute Gasteiger partial charge is 0.335 e. The van der Waals surface area contributed by atoms with Crippen molar-refractivity contribution in [2.45, 2.75) is 0 Å². The molecule has 2 aromatic carbocycles. The number of nitrogens with zero attached hydrogens (tertiary/aromatic N) is 2. The first kappa shape index (κ1) is 22.0. The Morgan fingerprint density at radius 1 is 1.09 bits per heavy atom. The molecule has 0 spiro atoms. The van der Waals surface area contributed by atoms with Gasteiger partial charge in [0.25, 0.3) is 17.5 Å². The van der Waals surface area contributed by atoms with Gasteiger partial charge in [0.15, 0.2) is 0 Å². The molecule has 1 aliphatic heterocycles. The summed E-state index contributed by atoms with van der Waals surface area (Å²) in [6, 6.07) is 12.7. The third-order valence-corrected chi connectivity index (χ3v) is 5.30. The zero-order valence-corrected chi connectivity index (χ0v) is 18.5. The molecule has 1 aromatic heterocycles. The highest BCUT2D eigenvalue weighted by Gasteiger charge is 2.37. The van der Waals surface area contributed by atoms with Gasteiger partial charge in [0.05, 0.1) is 29.4 Å². The number of urea groups is 1. The molecule has 10 nitrogen and oxygen atoms in total. The summed E-state index contributed by atoms with van der Waals surface area (Å²) in [5.41, 5.74) is -0.103. The van der Waals surface area contributed by atoms with Crippen LogP contribution in [0.4, 0.5) is 16.2 Å². The number of anilines is 1. The highest BCUT2D eigenvalue weighted by atomic mass is 79.9. The van der Waals surface area contributed by atoms with E-state index >= 15 is 0 Å². The maximum absolute atomic E-state index is 12.9. The van der Waals surface area contributed by atoms with Crippen LogP contribution in [0, 0.1) is 10.1 Å². The predicted molar refractivity (Wildman–Crippen MR) is 120 cm³/mol. The number of imide groups is 2. The SMILES string of the molecule is COc1ccc(-c2ccc(C=C3C(=O)NC(=O)N(c4ccc(Br)cc4)C3=O)o2)c([N+](=O)[O-])c1. The van der Waals surface area contributed by atoms with Crippen LogP contribution in [0.5, 0.6) is 5.75 Å². The van der Waals surface area contributed by atoms with Gasteiger partial charge in [0.1, 0.15) is 22.8 Å². The van der Waals surface area contributed by atoms with Gasteiger partial charge in [-0.2, -0.15) is 0 Å². The molecule has 1 saturated heterocycles. The molecule has 33 heavy (non-hydrogen) atoms. The van der Waals surface area contributed by atoms with Crippen LogP contribution in [-0.2, 0) is 9.59 Å². The third kappa shape index (κ3) is 4.26. The van der Waals surface area contributed by atoms with Crippen molar-refractivity contribution in [1.82, 2.24) is 5.32 Å². The maximum atomic E-state index is 12.9. The Labute approximate surface area is 194 Å². The number of barbiturate groups is 1. The summed E-state index contributed by atoms with van der Waals surface area (Å²) in [4.78, 5) is 49.3. The van der Waals surface area contributed by atoms with Crippen LogP contribution in [-0.4, -0.2) is 29.9 Å². The van der Waals surface area contributed by atoms with E-state index in [4.69, 9.17) is 9.15 Å². The summed E-state index contributed by atoms with van der Waals surface area (Å²) in [6.45, 7) is 0. The summed E-state index contributed by atoms with van der Waals surface area (Å²) < 4.78 is 11.4. The van der Waals surface area contributed by atoms with Crippen LogP contribution in [0.2, 0.25) is 0 Å². The lowest BCUT2D eigenvalue weighted by Crippen LogP contribution is -2.54. The minimum absolute atomic E-state index is 0.0960. The van der Waals surface area contributed by atoms with Gasteiger partial charge in [-0.25, -0.2) is 9.69 Å². The average molecular weight is 512 g/mol. The van der Waals surface area contributed by atoms with E-state index in [1.165, 1.54) is 37.5 Å². The van der Waals surface area contributed by atoms with Gasteiger partial charge in [-0.1, -0.05) is 15.9 Å². The Kier molecular flexibility index (Phi) is 5.80. The molecule has 0 unspecified atom stereocenters. The number of rotatable bonds is 5. The number of nitro groups is 1. The summed E-state index contributed by atoms with van der Waals surface area (Å²) in [7, 11) is 1.39. The van der Waals surface area contributed by atoms with E-state index in [0.717, 1.165) is 9.37 Å². The molecule has 0 saturated carbocycles. The summed E-state index contributed by atoms with van der Waals surface area (Å²) in [5.74, 6) is -1.16. The van der Waals surface area contributed by atoms with Crippen molar-refractivity contribution in [3.63, 3.8) is 0 Å². The first-order valence-electron chi connectivity index (χ1n) is 9.38. The number of halogens is 1. The lowest BCUT2D eigenvalue weighted by molar-refractivity contribution is -0.384. The second kappa shape index (κ2) is 8.71. The van der Waals surface area contributed by atoms with Gasteiger partial charge < -0.3 is 9.15 Å². The Hall–Kier alpha value is -4.25. The molecule has 11 heteroatoms. The van der Waals surface area contributed by atoms with Crippen molar-refractivity contribution in [3.8, 4) is 17.1 Å². The molecule has 4 rings (SSSR count). The van der Waals surface area contributed by atoms with E-state index in [1.807, 2.05) is 0 Å². The van der Waals surface area contributed by atoms with Gasteiger partial charge in [0.2, 0.25) is 0 Å². The fourth-order valence-corrected chi connectivity index (χ4v) is 3.46. The fourth-order valence-electron chi connectivity index (χ4n) is 3.20. The monoisotopic (exact) mass is 511 g/mol. The molecule has 1 aliphatic rings. The molecule has 0 radical (unpaired) electrons. The van der Waals surface area contributed by atoms with E-state index < -0.39 is 22.8 Å². The molecule has 0 atom stereocenters. The standard InChI is InChI=1S/C22H14BrN3O7/c1-32-14-6-8-16(18(11-14)26(30)31)19-9-7-15(33-19)10-17-20(27)24-22(29)25(21(17)28)13-4-2-12(23)3-5-13/h2-11H,1H3,(H,24,27,29). The van der Waals surface area contributed by atoms with Crippen LogP contribution in [0.25, 0.3) is 17.4 Å². The molecule has 3 aromatic rings. The lowest BCUT2D eigenvalue weighted by atomic mass is 10.1. The number of hydrogen-bond donors (Lipinski definition) is 1. The number of methoxy groups -OCH3 is 1. The van der Waals surface area contributed by atoms with E-state index in [-0.39, 0.29) is 34.0 Å². The number of nitrogens with one attached hydrogen (secondary N) is 1. The highest BCUT2D eigenvalue weighted by Crippen LogP contribution is 2.34. The van der Waals surface area contributed by atoms with Crippen molar-refractivity contribution in [2.75, 3.05) is 12.0 Å². The molecule has 0 aliphatic carbocycles. The van der Waals surface area contributed by atoms with Crippen molar-refractivity contribution < 1.29 is 28.5 Å². The molecule has 1 N–H and O–H groups in total. The van der Waals surface area contributed by atoms with Crippen LogP contribution < -0.4 is 15.0 Å². The lowest BCUT2D eigenvalue weighted by Gasteiger charge is -2.26. The molecule has 166 valence electrons. The largest absolute Gasteiger partial charge is 0.497 e. The summed E-state index contributed by atoms with van der Waals surface area (Å²) in [6.07, 6.45) is 1.18. The quantitative estimate of drug-likeness (QED) is 0.233. The van der Waals surface area contributed by atoms with E-state index in [2.05, 4.69) is 21.2 Å². The molecule has 1 fully saturated rings. The van der Waals surface area contributed by atoms with Crippen molar-refractivity contribution in [1.29, 1.82) is 0 Å². The normalized spacial score (nSPS) is 15.0. The van der Waals surface area contributed by atoms with Crippen LogP contribution in [0.1, 0.15) is 5.76 Å². The summed E-state index contributed by atoms with van der Waals surface area (Å²) >= 11 is 3.28. The molecule has 0 bridgehead atoms. The number of carbonyl (C=O) groups is 3. The van der Waals surface area contributed by atoms with Gasteiger partial charge in [-0.15, -0.1) is 0 Å². The van der Waals surface area contributed by atoms with Crippen LogP contribution >= 0.6 is 15.9 Å². The number of carbonyl (C=O) groups excluding carboxylic acids is 3. The van der Waals surface area contributed by atoms with Crippen LogP contribution in [0.3, 0.4) is 0 Å². The Bertz CT molecular complexity index is 1330. The number of hydrogen-bond acceptors (Lipinski definition) is 7. The van der Waals surface area contributed by atoms with E-state index in [0.29, 0.717) is 5.75 Å². The fraction of sp³-hybridized carbons (Fsp3) is 0.0455. The van der Waals surface area contributed by atoms with Gasteiger partial charge in [-0.05, 0) is 54.6 Å². The van der Waals surface area contributed by atoms with Crippen molar-refractivity contribution in [2.24, 2.45) is 0 Å². The van der Waals surface area contributed by atoms with E-state index in [1.54, 1.807) is 30.3 Å². The predicted octanol–water partition coefficient (Wildman–Crippen LogP) is 4.29. The Morgan fingerprint density at radius 2 is 1.82 bits per heavy atom. The molecular weight excluding hydrogens is 498 g/mol. The van der Waals surface area contributed by atoms with Crippen molar-refractivity contribution >= 4 is 51.2 Å². The minimum atomic E-state index is -0.883. The number of benzene rings is 2. The second-order valence-electron chi connectivity index (χ2n) is 6.78. The number of nitro benzene ring substituents is 1. The zero-order valence-electron chi connectivity index (χ0n) is 16.9. The first-order chi connectivity index (χ1) is 15.8. The van der Waals surface area contributed by atoms with E-state index in [9.17, 15) is 24.5 Å². The second-order valence-corrected chi connectivity index (χ2v) is 7.69. The number of ether oxygens (including phenoxy) is 1. The van der Waals surface area contributed by atoms with Gasteiger partial charge >= 0.3 is 6.03 Å². The molecular formula is C22H14BrN3O7. The van der Waals surface area contributed by atoms with Gasteiger partial charge in [0, 0.05) is 4.47 Å². The Balaban J connectivity index is 1.69. The Morgan fingerprint density at radius 3 is 2.48 bits per heavy atom. The highest BCUT2D eigenvalue weighted by molar-refractivity contribution is 9.10. The first-order valence-corrected chi connectivity index (χ1v) is 10.2. The minimum Gasteiger partial charge on any atom is -0.497 e. The zero-order chi connectivity index (χ0) is 23.7.